The van der Waals surface area contributed by atoms with Crippen LogP contribution in [0.5, 0.6) is 0 Å². The van der Waals surface area contributed by atoms with Gasteiger partial charge in [-0.05, 0) is 36.4 Å². The van der Waals surface area contributed by atoms with Gasteiger partial charge in [0.05, 0.1) is 5.69 Å². The molecule has 2 N–H and O–H groups in total. The first kappa shape index (κ1) is 16.7. The fourth-order valence-electron chi connectivity index (χ4n) is 2.19. The third-order valence-corrected chi connectivity index (χ3v) is 3.53. The maximum absolute atomic E-state index is 12.5. The number of nitrogens with zero attached hydrogens (tertiary/aromatic N) is 3. The van der Waals surface area contributed by atoms with Crippen LogP contribution in [0.2, 0.25) is 5.02 Å². The number of halogens is 1. The second-order valence-electron chi connectivity index (χ2n) is 5.18. The maximum atomic E-state index is 12.5. The first-order valence-corrected chi connectivity index (χ1v) is 7.78. The molecule has 0 radical (unpaired) electrons. The van der Waals surface area contributed by atoms with Gasteiger partial charge in [-0.15, -0.1) is 5.10 Å². The van der Waals surface area contributed by atoms with Crippen LogP contribution in [0.4, 0.5) is 11.5 Å². The van der Waals surface area contributed by atoms with Crippen molar-refractivity contribution in [3.63, 3.8) is 0 Å². The molecule has 0 aliphatic rings. The predicted molar refractivity (Wildman–Crippen MR) is 95.1 cm³/mol. The molecule has 1 heterocycles. The smallest absolute Gasteiger partial charge is 0.280 e. The number of nitrogens with one attached hydrogen (secondary N) is 2. The van der Waals surface area contributed by atoms with E-state index >= 15 is 0 Å². The fraction of sp³-hybridized carbons (Fsp3) is 0.0588. The number of para-hydroxylation sites is 1. The number of rotatable bonds is 4. The van der Waals surface area contributed by atoms with Gasteiger partial charge >= 0.3 is 0 Å². The third kappa shape index (κ3) is 3.84. The Balaban J connectivity index is 1.95. The molecule has 2 amide bonds. The van der Waals surface area contributed by atoms with Crippen molar-refractivity contribution < 1.29 is 9.59 Å². The van der Waals surface area contributed by atoms with Crippen molar-refractivity contribution in [2.45, 2.75) is 6.92 Å². The molecular weight excluding hydrogens is 342 g/mol. The van der Waals surface area contributed by atoms with Gasteiger partial charge in [-0.1, -0.05) is 35.0 Å². The number of amides is 2. The largest absolute Gasteiger partial charge is 0.320 e. The zero-order valence-corrected chi connectivity index (χ0v) is 14.0. The summed E-state index contributed by atoms with van der Waals surface area (Å²) in [6.07, 6.45) is 0. The zero-order valence-electron chi connectivity index (χ0n) is 13.2. The van der Waals surface area contributed by atoms with E-state index in [-0.39, 0.29) is 17.4 Å². The molecule has 0 saturated heterocycles. The van der Waals surface area contributed by atoms with Crippen molar-refractivity contribution in [2.75, 3.05) is 10.6 Å². The summed E-state index contributed by atoms with van der Waals surface area (Å²) >= 11 is 5.83. The molecular formula is C17H14ClN5O2. The van der Waals surface area contributed by atoms with Crippen molar-refractivity contribution in [1.29, 1.82) is 0 Å². The van der Waals surface area contributed by atoms with E-state index in [9.17, 15) is 9.59 Å². The molecule has 2 aromatic carbocycles. The van der Waals surface area contributed by atoms with Gasteiger partial charge in [-0.3, -0.25) is 9.59 Å². The average Bonchev–Trinajstić information content (AvgIpc) is 3.00. The summed E-state index contributed by atoms with van der Waals surface area (Å²) in [4.78, 5) is 24.1. The van der Waals surface area contributed by atoms with Gasteiger partial charge in [0.2, 0.25) is 5.91 Å². The van der Waals surface area contributed by atoms with Crippen LogP contribution in [0.15, 0.2) is 54.6 Å². The number of aromatic nitrogens is 3. The van der Waals surface area contributed by atoms with E-state index in [1.54, 1.807) is 36.4 Å². The molecule has 25 heavy (non-hydrogen) atoms. The SMILES string of the molecule is CC(=O)Nc1c(C(=O)Nc2ccc(Cl)cc2)nnn1-c1ccccc1. The molecule has 0 spiro atoms. The lowest BCUT2D eigenvalue weighted by Gasteiger charge is -2.08. The van der Waals surface area contributed by atoms with Crippen LogP contribution in [0.25, 0.3) is 5.69 Å². The number of carbonyl (C=O) groups is 2. The highest BCUT2D eigenvalue weighted by atomic mass is 35.5. The van der Waals surface area contributed by atoms with Crippen LogP contribution >= 0.6 is 11.6 Å². The minimum atomic E-state index is -0.492. The predicted octanol–water partition coefficient (Wildman–Crippen LogP) is 3.13. The molecule has 0 aliphatic carbocycles. The molecule has 0 fully saturated rings. The van der Waals surface area contributed by atoms with E-state index in [0.717, 1.165) is 0 Å². The van der Waals surface area contributed by atoms with E-state index in [0.29, 0.717) is 16.4 Å². The Labute approximate surface area is 148 Å². The summed E-state index contributed by atoms with van der Waals surface area (Å²) in [5.41, 5.74) is 1.23. The molecule has 0 atom stereocenters. The Morgan fingerprint density at radius 1 is 1.00 bits per heavy atom. The Morgan fingerprint density at radius 3 is 2.32 bits per heavy atom. The van der Waals surface area contributed by atoms with Crippen LogP contribution in [0.3, 0.4) is 0 Å². The third-order valence-electron chi connectivity index (χ3n) is 3.28. The number of hydrogen-bond acceptors (Lipinski definition) is 4. The number of carbonyl (C=O) groups excluding carboxylic acids is 2. The minimum Gasteiger partial charge on any atom is -0.320 e. The topological polar surface area (TPSA) is 88.9 Å². The average molecular weight is 356 g/mol. The van der Waals surface area contributed by atoms with E-state index in [4.69, 9.17) is 11.6 Å². The Hall–Kier alpha value is -3.19. The lowest BCUT2D eigenvalue weighted by atomic mass is 10.3. The molecule has 0 saturated carbocycles. The summed E-state index contributed by atoms with van der Waals surface area (Å²) in [5.74, 6) is -0.626. The van der Waals surface area contributed by atoms with Crippen molar-refractivity contribution >= 4 is 34.9 Å². The van der Waals surface area contributed by atoms with E-state index in [1.165, 1.54) is 11.6 Å². The first-order chi connectivity index (χ1) is 12.0. The van der Waals surface area contributed by atoms with Crippen molar-refractivity contribution in [3.8, 4) is 5.69 Å². The molecule has 3 rings (SSSR count). The standard InChI is InChI=1S/C17H14ClN5O2/c1-11(24)19-16-15(17(25)20-13-9-7-12(18)8-10-13)21-22-23(16)14-5-3-2-4-6-14/h2-10H,1H3,(H,19,24)(H,20,25). The van der Waals surface area contributed by atoms with Gasteiger partial charge in [0.1, 0.15) is 0 Å². The van der Waals surface area contributed by atoms with E-state index < -0.39 is 5.91 Å². The van der Waals surface area contributed by atoms with E-state index in [2.05, 4.69) is 20.9 Å². The second kappa shape index (κ2) is 7.14. The van der Waals surface area contributed by atoms with Gasteiger partial charge in [0.25, 0.3) is 5.91 Å². The monoisotopic (exact) mass is 355 g/mol. The highest BCUT2D eigenvalue weighted by Gasteiger charge is 2.21. The molecule has 0 aliphatic heterocycles. The lowest BCUT2D eigenvalue weighted by molar-refractivity contribution is -0.114. The maximum Gasteiger partial charge on any atom is 0.280 e. The minimum absolute atomic E-state index is 0.00834. The first-order valence-electron chi connectivity index (χ1n) is 7.40. The second-order valence-corrected chi connectivity index (χ2v) is 5.61. The zero-order chi connectivity index (χ0) is 17.8. The summed E-state index contributed by atoms with van der Waals surface area (Å²) < 4.78 is 1.40. The summed E-state index contributed by atoms with van der Waals surface area (Å²) in [6, 6.07) is 15.7. The van der Waals surface area contributed by atoms with Crippen molar-refractivity contribution in [1.82, 2.24) is 15.0 Å². The molecule has 3 aromatic rings. The van der Waals surface area contributed by atoms with Gasteiger partial charge in [0, 0.05) is 17.6 Å². The normalized spacial score (nSPS) is 10.3. The van der Waals surface area contributed by atoms with Crippen LogP contribution in [0, 0.1) is 0 Å². The summed E-state index contributed by atoms with van der Waals surface area (Å²) in [6.45, 7) is 1.35. The number of anilines is 2. The summed E-state index contributed by atoms with van der Waals surface area (Å²) in [7, 11) is 0. The van der Waals surface area contributed by atoms with Crippen LogP contribution in [-0.2, 0) is 4.79 Å². The lowest BCUT2D eigenvalue weighted by Crippen LogP contribution is -2.18. The number of hydrogen-bond donors (Lipinski definition) is 2. The Kier molecular flexibility index (Phi) is 4.76. The molecule has 0 unspecified atom stereocenters. The molecule has 0 bridgehead atoms. The van der Waals surface area contributed by atoms with Gasteiger partial charge < -0.3 is 10.6 Å². The molecule has 7 nitrogen and oxygen atoms in total. The molecule has 8 heteroatoms. The van der Waals surface area contributed by atoms with Crippen LogP contribution < -0.4 is 10.6 Å². The van der Waals surface area contributed by atoms with Crippen LogP contribution in [0.1, 0.15) is 17.4 Å². The molecule has 1 aromatic heterocycles. The number of benzene rings is 2. The Morgan fingerprint density at radius 2 is 1.68 bits per heavy atom. The Bertz CT molecular complexity index is 907. The summed E-state index contributed by atoms with van der Waals surface area (Å²) in [5, 5.41) is 13.8. The highest BCUT2D eigenvalue weighted by molar-refractivity contribution is 6.30. The quantitative estimate of drug-likeness (QED) is 0.752. The van der Waals surface area contributed by atoms with Gasteiger partial charge in [-0.25, -0.2) is 0 Å². The van der Waals surface area contributed by atoms with Crippen molar-refractivity contribution in [3.05, 3.63) is 65.3 Å². The van der Waals surface area contributed by atoms with Crippen LogP contribution in [-0.4, -0.2) is 26.8 Å². The van der Waals surface area contributed by atoms with Gasteiger partial charge in [0.15, 0.2) is 11.5 Å². The van der Waals surface area contributed by atoms with Crippen molar-refractivity contribution in [2.24, 2.45) is 0 Å². The highest BCUT2D eigenvalue weighted by Crippen LogP contribution is 2.20. The van der Waals surface area contributed by atoms with Gasteiger partial charge in [-0.2, -0.15) is 4.68 Å². The fourth-order valence-corrected chi connectivity index (χ4v) is 2.31. The molecule has 126 valence electrons. The van der Waals surface area contributed by atoms with E-state index in [1.807, 2.05) is 18.2 Å².